The molecule has 3 aliphatic heterocycles. The third-order valence-electron chi connectivity index (χ3n) is 5.66. The van der Waals surface area contributed by atoms with E-state index in [1.165, 1.54) is 17.7 Å². The number of hydrogen-bond donors (Lipinski definition) is 1. The molecule has 132 valence electrons. The van der Waals surface area contributed by atoms with Crippen LogP contribution in [0, 0.1) is 5.92 Å². The molecule has 1 aromatic carbocycles. The summed E-state index contributed by atoms with van der Waals surface area (Å²) in [5, 5.41) is 3.23. The van der Waals surface area contributed by atoms with Crippen LogP contribution in [0.5, 0.6) is 0 Å². The van der Waals surface area contributed by atoms with E-state index < -0.39 is 0 Å². The molecule has 1 N–H and O–H groups in total. The lowest BCUT2D eigenvalue weighted by Gasteiger charge is -2.49. The van der Waals surface area contributed by atoms with Crippen molar-refractivity contribution in [1.82, 2.24) is 10.2 Å². The monoisotopic (exact) mass is 356 g/mol. The van der Waals surface area contributed by atoms with Crippen LogP contribution in [0.1, 0.15) is 30.3 Å². The number of amides is 1. The second-order valence-corrected chi connectivity index (χ2v) is 7.89. The summed E-state index contributed by atoms with van der Waals surface area (Å²) in [6.45, 7) is 4.54. The Morgan fingerprint density at radius 1 is 1.24 bits per heavy atom. The van der Waals surface area contributed by atoms with Crippen LogP contribution in [0.15, 0.2) is 45.7 Å². The molecule has 0 aliphatic carbocycles. The lowest BCUT2D eigenvalue weighted by molar-refractivity contribution is 0.0211. The molecular weight excluding hydrogens is 332 g/mol. The molecule has 5 rings (SSSR count). The molecule has 3 aliphatic rings. The maximum absolute atomic E-state index is 12.7. The topological polar surface area (TPSA) is 45.5 Å². The highest BCUT2D eigenvalue weighted by molar-refractivity contribution is 7.98. The lowest BCUT2D eigenvalue weighted by atomic mass is 9.79. The van der Waals surface area contributed by atoms with Crippen LogP contribution < -0.4 is 5.32 Å². The Hall–Kier alpha value is -1.72. The zero-order chi connectivity index (χ0) is 17.4. The van der Waals surface area contributed by atoms with Gasteiger partial charge in [-0.2, -0.15) is 0 Å². The first-order chi connectivity index (χ1) is 12.2. The average Bonchev–Trinajstić information content (AvgIpc) is 3.15. The summed E-state index contributed by atoms with van der Waals surface area (Å²) in [6.07, 6.45) is 4.41. The minimum absolute atomic E-state index is 0.0992. The van der Waals surface area contributed by atoms with Crippen LogP contribution >= 0.6 is 11.8 Å². The largest absolute Gasteiger partial charge is 0.451 e. The molecular formula is C20H24N2O2S. The molecule has 1 amide bonds. The van der Waals surface area contributed by atoms with Crippen LogP contribution in [-0.2, 0) is 0 Å². The Labute approximate surface area is 153 Å². The second kappa shape index (κ2) is 6.89. The number of carbonyl (C=O) groups is 1. The van der Waals surface area contributed by atoms with Gasteiger partial charge in [-0.05, 0) is 69.3 Å². The van der Waals surface area contributed by atoms with E-state index >= 15 is 0 Å². The van der Waals surface area contributed by atoms with Crippen LogP contribution in [0.2, 0.25) is 0 Å². The first-order valence-corrected chi connectivity index (χ1v) is 10.2. The number of furan rings is 1. The zero-order valence-electron chi connectivity index (χ0n) is 14.7. The summed E-state index contributed by atoms with van der Waals surface area (Å²) in [7, 11) is 0. The van der Waals surface area contributed by atoms with E-state index in [1.807, 2.05) is 18.2 Å². The third-order valence-corrected chi connectivity index (χ3v) is 6.38. The standard InChI is InChI=1S/C20H24N2O2S/c1-13-19(14-8-10-22(13)11-9-14)21-20(23)18-7-6-17(24-18)15-4-3-5-16(12-15)25-2/h3-7,12-14,19H,8-11H2,1-2H3,(H,21,23)/t13-,19-/m0/s1. The minimum atomic E-state index is -0.0992. The van der Waals surface area contributed by atoms with E-state index in [0.717, 1.165) is 24.4 Å². The third kappa shape index (κ3) is 3.23. The van der Waals surface area contributed by atoms with Gasteiger partial charge in [-0.15, -0.1) is 11.8 Å². The van der Waals surface area contributed by atoms with Gasteiger partial charge in [0.05, 0.1) is 0 Å². The molecule has 0 unspecified atom stereocenters. The predicted molar refractivity (Wildman–Crippen MR) is 101 cm³/mol. The van der Waals surface area contributed by atoms with Crippen molar-refractivity contribution in [3.05, 3.63) is 42.2 Å². The molecule has 3 fully saturated rings. The van der Waals surface area contributed by atoms with Crippen molar-refractivity contribution in [3.63, 3.8) is 0 Å². The first kappa shape index (κ1) is 16.7. The Morgan fingerprint density at radius 2 is 2.04 bits per heavy atom. The van der Waals surface area contributed by atoms with Gasteiger partial charge < -0.3 is 9.73 Å². The van der Waals surface area contributed by atoms with E-state index in [-0.39, 0.29) is 11.9 Å². The van der Waals surface area contributed by atoms with Gasteiger partial charge in [-0.1, -0.05) is 12.1 Å². The number of benzene rings is 1. The number of fused-ring (bicyclic) bond motifs is 3. The van der Waals surface area contributed by atoms with Gasteiger partial charge in [0.2, 0.25) is 0 Å². The number of thioether (sulfide) groups is 1. The number of nitrogens with zero attached hydrogens (tertiary/aromatic N) is 1. The van der Waals surface area contributed by atoms with E-state index in [4.69, 9.17) is 4.42 Å². The molecule has 4 heterocycles. The highest BCUT2D eigenvalue weighted by Crippen LogP contribution is 2.32. The molecule has 4 nitrogen and oxygen atoms in total. The molecule has 0 radical (unpaired) electrons. The normalized spacial score (nSPS) is 28.1. The molecule has 2 atom stereocenters. The highest BCUT2D eigenvalue weighted by atomic mass is 32.2. The van der Waals surface area contributed by atoms with Gasteiger partial charge in [0.1, 0.15) is 5.76 Å². The van der Waals surface area contributed by atoms with Crippen LogP contribution in [0.25, 0.3) is 11.3 Å². The van der Waals surface area contributed by atoms with Crippen molar-refractivity contribution in [3.8, 4) is 11.3 Å². The summed E-state index contributed by atoms with van der Waals surface area (Å²) in [5.41, 5.74) is 1.00. The molecule has 0 saturated carbocycles. The molecule has 1 aromatic heterocycles. The molecule has 25 heavy (non-hydrogen) atoms. The van der Waals surface area contributed by atoms with Crippen LogP contribution in [0.4, 0.5) is 0 Å². The van der Waals surface area contributed by atoms with Crippen molar-refractivity contribution in [2.24, 2.45) is 5.92 Å². The quantitative estimate of drug-likeness (QED) is 0.845. The lowest BCUT2D eigenvalue weighted by Crippen LogP contribution is -2.62. The fraction of sp³-hybridized carbons (Fsp3) is 0.450. The van der Waals surface area contributed by atoms with E-state index in [1.54, 1.807) is 17.8 Å². The van der Waals surface area contributed by atoms with Gasteiger partial charge in [0, 0.05) is 22.5 Å². The molecule has 5 heteroatoms. The van der Waals surface area contributed by atoms with Crippen molar-refractivity contribution in [2.45, 2.75) is 36.7 Å². The summed E-state index contributed by atoms with van der Waals surface area (Å²) >= 11 is 1.70. The van der Waals surface area contributed by atoms with E-state index in [0.29, 0.717) is 17.7 Å². The van der Waals surface area contributed by atoms with Crippen molar-refractivity contribution in [2.75, 3.05) is 19.3 Å². The number of hydrogen-bond acceptors (Lipinski definition) is 4. The summed E-state index contributed by atoms with van der Waals surface area (Å²) in [5.74, 6) is 1.63. The van der Waals surface area contributed by atoms with Crippen molar-refractivity contribution < 1.29 is 9.21 Å². The molecule has 2 bridgehead atoms. The highest BCUT2D eigenvalue weighted by Gasteiger charge is 2.40. The zero-order valence-corrected chi connectivity index (χ0v) is 15.5. The average molecular weight is 356 g/mol. The van der Waals surface area contributed by atoms with Gasteiger partial charge in [0.25, 0.3) is 5.91 Å². The maximum Gasteiger partial charge on any atom is 0.287 e. The van der Waals surface area contributed by atoms with E-state index in [2.05, 4.69) is 35.5 Å². The van der Waals surface area contributed by atoms with Crippen LogP contribution in [0.3, 0.4) is 0 Å². The predicted octanol–water partition coefficient (Wildman–Crippen LogP) is 3.88. The Balaban J connectivity index is 1.49. The molecule has 0 spiro atoms. The second-order valence-electron chi connectivity index (χ2n) is 7.01. The smallest absolute Gasteiger partial charge is 0.287 e. The maximum atomic E-state index is 12.7. The van der Waals surface area contributed by atoms with Crippen molar-refractivity contribution >= 4 is 17.7 Å². The van der Waals surface area contributed by atoms with Gasteiger partial charge in [-0.25, -0.2) is 0 Å². The van der Waals surface area contributed by atoms with Crippen LogP contribution in [-0.4, -0.2) is 42.2 Å². The fourth-order valence-electron chi connectivity index (χ4n) is 4.16. The Morgan fingerprint density at radius 3 is 2.76 bits per heavy atom. The van der Waals surface area contributed by atoms with E-state index in [9.17, 15) is 4.79 Å². The minimum Gasteiger partial charge on any atom is -0.451 e. The number of nitrogens with one attached hydrogen (secondary N) is 1. The summed E-state index contributed by atoms with van der Waals surface area (Å²) in [6, 6.07) is 12.5. The Kier molecular flexibility index (Phi) is 4.61. The number of rotatable bonds is 4. The summed E-state index contributed by atoms with van der Waals surface area (Å²) < 4.78 is 5.85. The van der Waals surface area contributed by atoms with Gasteiger partial charge in [-0.3, -0.25) is 9.69 Å². The molecule has 2 aromatic rings. The summed E-state index contributed by atoms with van der Waals surface area (Å²) in [4.78, 5) is 16.3. The molecule has 3 saturated heterocycles. The SMILES string of the molecule is CSc1cccc(-c2ccc(C(=O)N[C@@H]3C4CCN(CC4)[C@H]3C)o2)c1. The fourth-order valence-corrected chi connectivity index (χ4v) is 4.62. The van der Waals surface area contributed by atoms with Crippen molar-refractivity contribution in [1.29, 1.82) is 0 Å². The number of piperidine rings is 3. The first-order valence-electron chi connectivity index (χ1n) is 8.95. The number of carbonyl (C=O) groups excluding carboxylic acids is 1. The van der Waals surface area contributed by atoms with Gasteiger partial charge in [0.15, 0.2) is 5.76 Å². The Bertz CT molecular complexity index is 763. The van der Waals surface area contributed by atoms with Gasteiger partial charge >= 0.3 is 0 Å².